The van der Waals surface area contributed by atoms with E-state index >= 15 is 0 Å². The third-order valence-corrected chi connectivity index (χ3v) is 3.47. The molecule has 0 spiro atoms. The van der Waals surface area contributed by atoms with Gasteiger partial charge in [0.1, 0.15) is 0 Å². The van der Waals surface area contributed by atoms with E-state index in [-0.39, 0.29) is 0 Å². The van der Waals surface area contributed by atoms with Crippen LogP contribution in [0.15, 0.2) is 48.5 Å². The number of hydrogen-bond acceptors (Lipinski definition) is 1. The Balaban J connectivity index is 2.11. The summed E-state index contributed by atoms with van der Waals surface area (Å²) in [5.74, 6) is 0. The first-order chi connectivity index (χ1) is 8.65. The molecule has 0 aliphatic rings. The molecule has 0 aromatic heterocycles. The highest BCUT2D eigenvalue weighted by Crippen LogP contribution is 2.15. The summed E-state index contributed by atoms with van der Waals surface area (Å²) in [7, 11) is 4.10. The molecule has 2 heteroatoms. The molecule has 0 atom stereocenters. The van der Waals surface area contributed by atoms with Gasteiger partial charge in [0.25, 0.3) is 0 Å². The Morgan fingerprint density at radius 1 is 0.778 bits per heavy atom. The van der Waals surface area contributed by atoms with Gasteiger partial charge in [0.15, 0.2) is 0 Å². The Labute approximate surface area is 122 Å². The Hall–Kier alpha value is -1.29. The Bertz CT molecular complexity index is 524. The van der Waals surface area contributed by atoms with Crippen LogP contribution in [0.25, 0.3) is 12.2 Å². The quantitative estimate of drug-likeness (QED) is 0.581. The van der Waals surface area contributed by atoms with E-state index in [9.17, 15) is 0 Å². The molecule has 18 heavy (non-hydrogen) atoms. The second-order valence-electron chi connectivity index (χ2n) is 4.37. The zero-order chi connectivity index (χ0) is 13.0. The molecule has 0 saturated heterocycles. The van der Waals surface area contributed by atoms with Crippen molar-refractivity contribution >= 4 is 40.4 Å². The number of rotatable bonds is 3. The molecule has 0 saturated carbocycles. The van der Waals surface area contributed by atoms with Crippen molar-refractivity contribution in [1.29, 1.82) is 0 Å². The fourth-order valence-electron chi connectivity index (χ4n) is 1.65. The van der Waals surface area contributed by atoms with Gasteiger partial charge in [-0.15, -0.1) is 0 Å². The average Bonchev–Trinajstić information content (AvgIpc) is 2.38. The van der Waals surface area contributed by atoms with Crippen molar-refractivity contribution in [2.24, 2.45) is 0 Å². The van der Waals surface area contributed by atoms with Crippen molar-refractivity contribution in [3.8, 4) is 0 Å². The monoisotopic (exact) mass is 349 g/mol. The van der Waals surface area contributed by atoms with Crippen LogP contribution >= 0.6 is 22.6 Å². The lowest BCUT2D eigenvalue weighted by atomic mass is 10.1. The van der Waals surface area contributed by atoms with E-state index < -0.39 is 0 Å². The summed E-state index contributed by atoms with van der Waals surface area (Å²) in [6.45, 7) is 0. The third kappa shape index (κ3) is 3.60. The molecule has 0 heterocycles. The highest BCUT2D eigenvalue weighted by atomic mass is 127. The second-order valence-corrected chi connectivity index (χ2v) is 5.62. The molecule has 0 aliphatic heterocycles. The van der Waals surface area contributed by atoms with Crippen LogP contribution in [0.4, 0.5) is 5.69 Å². The van der Waals surface area contributed by atoms with Crippen LogP contribution in [0.5, 0.6) is 0 Å². The van der Waals surface area contributed by atoms with Gasteiger partial charge >= 0.3 is 0 Å². The van der Waals surface area contributed by atoms with Crippen molar-refractivity contribution in [3.05, 3.63) is 63.2 Å². The molecule has 0 amide bonds. The van der Waals surface area contributed by atoms with Crippen molar-refractivity contribution in [3.63, 3.8) is 0 Å². The fourth-order valence-corrected chi connectivity index (χ4v) is 2.01. The van der Waals surface area contributed by atoms with Gasteiger partial charge in [-0.3, -0.25) is 0 Å². The van der Waals surface area contributed by atoms with Crippen molar-refractivity contribution in [2.45, 2.75) is 0 Å². The van der Waals surface area contributed by atoms with Gasteiger partial charge in [0.05, 0.1) is 0 Å². The molecule has 2 rings (SSSR count). The first-order valence-electron chi connectivity index (χ1n) is 5.86. The summed E-state index contributed by atoms with van der Waals surface area (Å²) in [4.78, 5) is 2.10. The van der Waals surface area contributed by atoms with Crippen molar-refractivity contribution in [2.75, 3.05) is 19.0 Å². The Morgan fingerprint density at radius 2 is 1.22 bits per heavy atom. The molecule has 1 nitrogen and oxygen atoms in total. The minimum Gasteiger partial charge on any atom is -0.378 e. The van der Waals surface area contributed by atoms with Gasteiger partial charge in [-0.25, -0.2) is 0 Å². The maximum absolute atomic E-state index is 2.32. The zero-order valence-corrected chi connectivity index (χ0v) is 12.8. The van der Waals surface area contributed by atoms with Gasteiger partial charge in [-0.2, -0.15) is 0 Å². The van der Waals surface area contributed by atoms with E-state index in [0.29, 0.717) is 0 Å². The summed E-state index contributed by atoms with van der Waals surface area (Å²) in [5.41, 5.74) is 3.67. The molecule has 0 unspecified atom stereocenters. The molecule has 0 fully saturated rings. The van der Waals surface area contributed by atoms with Gasteiger partial charge < -0.3 is 4.90 Å². The molecule has 0 bridgehead atoms. The van der Waals surface area contributed by atoms with Crippen LogP contribution in [-0.2, 0) is 0 Å². The maximum atomic E-state index is 2.32. The normalized spacial score (nSPS) is 10.8. The first kappa shape index (κ1) is 13.1. The summed E-state index contributed by atoms with van der Waals surface area (Å²) < 4.78 is 1.26. The van der Waals surface area contributed by atoms with Crippen LogP contribution in [0.2, 0.25) is 0 Å². The maximum Gasteiger partial charge on any atom is 0.0361 e. The molecule has 0 N–H and O–H groups in total. The summed E-state index contributed by atoms with van der Waals surface area (Å²) in [6.07, 6.45) is 4.28. The summed E-state index contributed by atoms with van der Waals surface area (Å²) in [5, 5.41) is 0. The topological polar surface area (TPSA) is 3.24 Å². The Morgan fingerprint density at radius 3 is 1.67 bits per heavy atom. The summed E-state index contributed by atoms with van der Waals surface area (Å²) in [6, 6.07) is 17.0. The van der Waals surface area contributed by atoms with E-state index in [4.69, 9.17) is 0 Å². The van der Waals surface area contributed by atoms with Gasteiger partial charge in [-0.05, 0) is 58.0 Å². The first-order valence-corrected chi connectivity index (χ1v) is 6.94. The lowest BCUT2D eigenvalue weighted by molar-refractivity contribution is 1.13. The van der Waals surface area contributed by atoms with E-state index in [1.165, 1.54) is 20.4 Å². The lowest BCUT2D eigenvalue weighted by Crippen LogP contribution is -2.07. The largest absolute Gasteiger partial charge is 0.378 e. The highest BCUT2D eigenvalue weighted by molar-refractivity contribution is 14.1. The third-order valence-electron chi connectivity index (χ3n) is 2.75. The smallest absolute Gasteiger partial charge is 0.0361 e. The van der Waals surface area contributed by atoms with E-state index in [1.54, 1.807) is 0 Å². The van der Waals surface area contributed by atoms with Crippen LogP contribution in [0.1, 0.15) is 11.1 Å². The highest BCUT2D eigenvalue weighted by Gasteiger charge is 1.93. The lowest BCUT2D eigenvalue weighted by Gasteiger charge is -2.11. The number of halogens is 1. The molecular formula is C16H16IN. The number of hydrogen-bond donors (Lipinski definition) is 0. The Kier molecular flexibility index (Phi) is 4.42. The number of benzene rings is 2. The molecule has 2 aromatic carbocycles. The molecule has 2 aromatic rings. The minimum atomic E-state index is 1.22. The van der Waals surface area contributed by atoms with E-state index in [2.05, 4.69) is 102 Å². The fraction of sp³-hybridized carbons (Fsp3) is 0.125. The predicted molar refractivity (Wildman–Crippen MR) is 88.9 cm³/mol. The average molecular weight is 349 g/mol. The SMILES string of the molecule is CN(C)c1ccc(/C=C\c2ccc(I)cc2)cc1. The molecule has 92 valence electrons. The van der Waals surface area contributed by atoms with E-state index in [0.717, 1.165) is 0 Å². The van der Waals surface area contributed by atoms with Crippen molar-refractivity contribution < 1.29 is 0 Å². The standard InChI is InChI=1S/C16H16IN/c1-18(2)16-11-7-14(8-12-16)4-3-13-5-9-15(17)10-6-13/h3-12H,1-2H3/b4-3-. The van der Waals surface area contributed by atoms with Gasteiger partial charge in [0.2, 0.25) is 0 Å². The van der Waals surface area contributed by atoms with Crippen molar-refractivity contribution in [1.82, 2.24) is 0 Å². The number of nitrogens with zero attached hydrogens (tertiary/aromatic N) is 1. The molecule has 0 radical (unpaired) electrons. The number of anilines is 1. The van der Waals surface area contributed by atoms with Gasteiger partial charge in [-0.1, -0.05) is 36.4 Å². The zero-order valence-electron chi connectivity index (χ0n) is 10.6. The minimum absolute atomic E-state index is 1.22. The van der Waals surface area contributed by atoms with Gasteiger partial charge in [0, 0.05) is 23.4 Å². The van der Waals surface area contributed by atoms with Crippen LogP contribution < -0.4 is 4.90 Å². The van der Waals surface area contributed by atoms with Crippen LogP contribution in [-0.4, -0.2) is 14.1 Å². The van der Waals surface area contributed by atoms with E-state index in [1.807, 2.05) is 0 Å². The summed E-state index contributed by atoms with van der Waals surface area (Å²) >= 11 is 2.32. The molecular weight excluding hydrogens is 333 g/mol. The van der Waals surface area contributed by atoms with Crippen LogP contribution in [0, 0.1) is 3.57 Å². The second kappa shape index (κ2) is 6.05. The predicted octanol–water partition coefficient (Wildman–Crippen LogP) is 4.53. The van der Waals surface area contributed by atoms with Crippen LogP contribution in [0.3, 0.4) is 0 Å². The molecule has 0 aliphatic carbocycles.